The topological polar surface area (TPSA) is 15.3 Å². The Bertz CT molecular complexity index is 271. The number of alkyl halides is 3. The molecule has 1 fully saturated rings. The maximum atomic E-state index is 12.7. The number of halogens is 3. The molecule has 0 aliphatic carbocycles. The molecule has 0 aromatic carbocycles. The van der Waals surface area contributed by atoms with Crippen LogP contribution in [0.4, 0.5) is 13.2 Å². The number of unbranched alkanes of at least 4 members (excludes halogenated alkanes) is 2. The minimum absolute atomic E-state index is 0.146. The van der Waals surface area contributed by atoms with Crippen LogP contribution in [0.1, 0.15) is 52.9 Å². The fourth-order valence-corrected chi connectivity index (χ4v) is 2.63. The summed E-state index contributed by atoms with van der Waals surface area (Å²) in [5, 5.41) is 3.42. The highest BCUT2D eigenvalue weighted by atomic mass is 19.4. The lowest BCUT2D eigenvalue weighted by Crippen LogP contribution is -2.42. The van der Waals surface area contributed by atoms with Crippen molar-refractivity contribution in [1.82, 2.24) is 10.2 Å². The molecule has 2 nitrogen and oxygen atoms in total. The minimum atomic E-state index is -4.02. The van der Waals surface area contributed by atoms with E-state index in [0.29, 0.717) is 12.8 Å². The van der Waals surface area contributed by atoms with E-state index in [1.807, 2.05) is 4.90 Å². The Hall–Kier alpha value is -0.290. The van der Waals surface area contributed by atoms with Gasteiger partial charge in [-0.15, -0.1) is 0 Å². The van der Waals surface area contributed by atoms with Crippen molar-refractivity contribution < 1.29 is 13.2 Å². The first-order chi connectivity index (χ1) is 9.18. The molecule has 120 valence electrons. The number of hydrogen-bond acceptors (Lipinski definition) is 2. The molecular weight excluding hydrogens is 265 g/mol. The lowest BCUT2D eigenvalue weighted by molar-refractivity contribution is -0.186. The smallest absolute Gasteiger partial charge is 0.312 e. The number of rotatable bonds is 6. The van der Waals surface area contributed by atoms with Crippen LogP contribution < -0.4 is 5.32 Å². The van der Waals surface area contributed by atoms with Crippen LogP contribution in [-0.2, 0) is 0 Å². The molecule has 20 heavy (non-hydrogen) atoms. The maximum Gasteiger partial charge on any atom is 0.393 e. The lowest BCUT2D eigenvalue weighted by atomic mass is 9.97. The molecule has 0 bridgehead atoms. The standard InChI is InChI=1S/C15H29F3N2/c1-14(2,3)19-9-5-4-6-10-20-11-7-8-13(12-20)15(16,17)18/h13,19H,4-12H2,1-3H3. The van der Waals surface area contributed by atoms with E-state index in [4.69, 9.17) is 0 Å². The van der Waals surface area contributed by atoms with Crippen molar-refractivity contribution >= 4 is 0 Å². The molecule has 5 heteroatoms. The van der Waals surface area contributed by atoms with Gasteiger partial charge in [-0.05, 0) is 66.1 Å². The second-order valence-corrected chi connectivity index (χ2v) is 6.92. The van der Waals surface area contributed by atoms with Crippen molar-refractivity contribution in [3.8, 4) is 0 Å². The van der Waals surface area contributed by atoms with Gasteiger partial charge in [-0.1, -0.05) is 6.42 Å². The monoisotopic (exact) mass is 294 g/mol. The van der Waals surface area contributed by atoms with Crippen molar-refractivity contribution in [1.29, 1.82) is 0 Å². The number of nitrogens with zero attached hydrogens (tertiary/aromatic N) is 1. The molecule has 1 unspecified atom stereocenters. The van der Waals surface area contributed by atoms with E-state index in [9.17, 15) is 13.2 Å². The van der Waals surface area contributed by atoms with Gasteiger partial charge in [0.15, 0.2) is 0 Å². The third-order valence-corrected chi connectivity index (χ3v) is 3.77. The fraction of sp³-hybridized carbons (Fsp3) is 1.00. The van der Waals surface area contributed by atoms with Gasteiger partial charge < -0.3 is 10.2 Å². The summed E-state index contributed by atoms with van der Waals surface area (Å²) in [7, 11) is 0. The van der Waals surface area contributed by atoms with E-state index < -0.39 is 12.1 Å². The van der Waals surface area contributed by atoms with Crippen molar-refractivity contribution in [2.24, 2.45) is 5.92 Å². The van der Waals surface area contributed by atoms with Gasteiger partial charge >= 0.3 is 6.18 Å². The quantitative estimate of drug-likeness (QED) is 0.749. The molecule has 1 saturated heterocycles. The number of likely N-dealkylation sites (tertiary alicyclic amines) is 1. The van der Waals surface area contributed by atoms with Gasteiger partial charge in [0.2, 0.25) is 0 Å². The lowest BCUT2D eigenvalue weighted by Gasteiger charge is -2.33. The summed E-state index contributed by atoms with van der Waals surface area (Å²) in [6.07, 6.45) is 0.126. The Morgan fingerprint density at radius 1 is 1.10 bits per heavy atom. The van der Waals surface area contributed by atoms with Gasteiger partial charge in [-0.2, -0.15) is 13.2 Å². The molecule has 1 aliphatic rings. The van der Waals surface area contributed by atoms with Crippen LogP contribution in [0.15, 0.2) is 0 Å². The molecular formula is C15H29F3N2. The molecule has 0 aromatic rings. The molecule has 0 spiro atoms. The average molecular weight is 294 g/mol. The normalized spacial score (nSPS) is 22.2. The van der Waals surface area contributed by atoms with Crippen LogP contribution in [0.2, 0.25) is 0 Å². The highest BCUT2D eigenvalue weighted by molar-refractivity contribution is 4.78. The summed E-state index contributed by atoms with van der Waals surface area (Å²) in [6.45, 7) is 9.22. The Balaban J connectivity index is 2.10. The third-order valence-electron chi connectivity index (χ3n) is 3.77. The van der Waals surface area contributed by atoms with Gasteiger partial charge in [0.05, 0.1) is 5.92 Å². The SMILES string of the molecule is CC(C)(C)NCCCCCN1CCCC(C(F)(F)F)C1. The summed E-state index contributed by atoms with van der Waals surface area (Å²) in [6, 6.07) is 0. The zero-order valence-electron chi connectivity index (χ0n) is 13.0. The Kier molecular flexibility index (Phi) is 6.79. The number of nitrogens with one attached hydrogen (secondary N) is 1. The highest BCUT2D eigenvalue weighted by Gasteiger charge is 2.41. The first kappa shape index (κ1) is 17.8. The van der Waals surface area contributed by atoms with Gasteiger partial charge in [-0.25, -0.2) is 0 Å². The maximum absolute atomic E-state index is 12.7. The van der Waals surface area contributed by atoms with Crippen molar-refractivity contribution in [2.45, 2.75) is 64.6 Å². The van der Waals surface area contributed by atoms with E-state index >= 15 is 0 Å². The van der Waals surface area contributed by atoms with Gasteiger partial charge in [0.1, 0.15) is 0 Å². The Morgan fingerprint density at radius 2 is 1.80 bits per heavy atom. The van der Waals surface area contributed by atoms with Crippen LogP contribution in [0.5, 0.6) is 0 Å². The Morgan fingerprint density at radius 3 is 2.40 bits per heavy atom. The summed E-state index contributed by atoms with van der Waals surface area (Å²) in [5.41, 5.74) is 0.146. The van der Waals surface area contributed by atoms with Crippen LogP contribution in [0, 0.1) is 5.92 Å². The van der Waals surface area contributed by atoms with Crippen LogP contribution >= 0.6 is 0 Å². The van der Waals surface area contributed by atoms with Crippen molar-refractivity contribution in [3.05, 3.63) is 0 Å². The largest absolute Gasteiger partial charge is 0.393 e. The predicted molar refractivity (Wildman–Crippen MR) is 76.8 cm³/mol. The minimum Gasteiger partial charge on any atom is -0.312 e. The first-order valence-electron chi connectivity index (χ1n) is 7.72. The molecule has 0 radical (unpaired) electrons. The second-order valence-electron chi connectivity index (χ2n) is 6.92. The van der Waals surface area contributed by atoms with Crippen molar-refractivity contribution in [3.63, 3.8) is 0 Å². The third kappa shape index (κ3) is 7.48. The average Bonchev–Trinajstić information content (AvgIpc) is 2.31. The van der Waals surface area contributed by atoms with Gasteiger partial charge in [0, 0.05) is 12.1 Å². The van der Waals surface area contributed by atoms with Gasteiger partial charge in [0.25, 0.3) is 0 Å². The zero-order valence-corrected chi connectivity index (χ0v) is 13.0. The molecule has 0 amide bonds. The number of piperidine rings is 1. The summed E-state index contributed by atoms with van der Waals surface area (Å²) < 4.78 is 38.0. The van der Waals surface area contributed by atoms with E-state index in [-0.39, 0.29) is 12.1 Å². The Labute approximate surface area is 121 Å². The molecule has 1 N–H and O–H groups in total. The molecule has 1 rings (SSSR count). The zero-order chi connectivity index (χ0) is 15.2. The van der Waals surface area contributed by atoms with Crippen LogP contribution in [0.3, 0.4) is 0 Å². The van der Waals surface area contributed by atoms with Crippen LogP contribution in [-0.4, -0.2) is 42.8 Å². The van der Waals surface area contributed by atoms with Gasteiger partial charge in [-0.3, -0.25) is 0 Å². The summed E-state index contributed by atoms with van der Waals surface area (Å²) in [5.74, 6) is -1.11. The summed E-state index contributed by atoms with van der Waals surface area (Å²) in [4.78, 5) is 1.98. The molecule has 1 heterocycles. The molecule has 1 atom stereocenters. The van der Waals surface area contributed by atoms with Crippen molar-refractivity contribution in [2.75, 3.05) is 26.2 Å². The molecule has 0 aromatic heterocycles. The summed E-state index contributed by atoms with van der Waals surface area (Å²) >= 11 is 0. The fourth-order valence-electron chi connectivity index (χ4n) is 2.63. The first-order valence-corrected chi connectivity index (χ1v) is 7.72. The van der Waals surface area contributed by atoms with E-state index in [2.05, 4.69) is 26.1 Å². The predicted octanol–water partition coefficient (Wildman–Crippen LogP) is 3.82. The number of hydrogen-bond donors (Lipinski definition) is 1. The van der Waals surface area contributed by atoms with Crippen LogP contribution in [0.25, 0.3) is 0 Å². The second kappa shape index (κ2) is 7.64. The molecule has 1 aliphatic heterocycles. The highest BCUT2D eigenvalue weighted by Crippen LogP contribution is 2.33. The van der Waals surface area contributed by atoms with E-state index in [1.54, 1.807) is 0 Å². The molecule has 0 saturated carbocycles. The van der Waals surface area contributed by atoms with E-state index in [1.165, 1.54) is 0 Å². The van der Waals surface area contributed by atoms with E-state index in [0.717, 1.165) is 38.9 Å².